The van der Waals surface area contributed by atoms with E-state index in [2.05, 4.69) is 59.5 Å². The number of hydrogen-bond acceptors (Lipinski definition) is 2. The fraction of sp³-hybridized carbons (Fsp3) is 0.350. The normalized spacial score (nSPS) is 13.8. The van der Waals surface area contributed by atoms with Crippen LogP contribution in [0.5, 0.6) is 0 Å². The minimum Gasteiger partial charge on any atom is -0.374 e. The van der Waals surface area contributed by atoms with Gasteiger partial charge in [0, 0.05) is 25.0 Å². The zero-order valence-electron chi connectivity index (χ0n) is 15.0. The molecule has 3 rings (SSSR count). The van der Waals surface area contributed by atoms with Gasteiger partial charge in [-0.25, -0.2) is 4.99 Å². The van der Waals surface area contributed by atoms with Crippen molar-refractivity contribution >= 4 is 41.3 Å². The van der Waals surface area contributed by atoms with Crippen LogP contribution in [0.1, 0.15) is 30.0 Å². The highest BCUT2D eigenvalue weighted by Gasteiger charge is 2.13. The molecule has 1 heterocycles. The van der Waals surface area contributed by atoms with E-state index in [4.69, 9.17) is 5.73 Å². The van der Waals surface area contributed by atoms with Crippen LogP contribution in [0.15, 0.2) is 47.5 Å². The molecule has 0 amide bonds. The van der Waals surface area contributed by atoms with E-state index in [-0.39, 0.29) is 24.0 Å². The summed E-state index contributed by atoms with van der Waals surface area (Å²) in [5, 5.41) is 3.15. The predicted octanol–water partition coefficient (Wildman–Crippen LogP) is 4.18. The Morgan fingerprint density at radius 3 is 2.60 bits per heavy atom. The molecule has 4 nitrogen and oxygen atoms in total. The molecular weight excluding hydrogens is 423 g/mol. The van der Waals surface area contributed by atoms with Crippen LogP contribution in [0.2, 0.25) is 0 Å². The Labute approximate surface area is 167 Å². The first kappa shape index (κ1) is 19.6. The number of anilines is 2. The molecule has 134 valence electrons. The lowest BCUT2D eigenvalue weighted by atomic mass is 10.00. The fourth-order valence-corrected chi connectivity index (χ4v) is 3.12. The molecule has 0 aliphatic carbocycles. The number of benzene rings is 2. The van der Waals surface area contributed by atoms with E-state index < -0.39 is 0 Å². The molecule has 0 bridgehead atoms. The number of nitrogens with two attached hydrogens (primary N) is 1. The van der Waals surface area contributed by atoms with Gasteiger partial charge in [-0.05, 0) is 54.2 Å². The van der Waals surface area contributed by atoms with Gasteiger partial charge in [-0.1, -0.05) is 31.2 Å². The Kier molecular flexibility index (Phi) is 7.11. The topological polar surface area (TPSA) is 53.6 Å². The van der Waals surface area contributed by atoms with Crippen LogP contribution >= 0.6 is 24.0 Å². The third-order valence-corrected chi connectivity index (χ3v) is 4.56. The molecule has 0 spiro atoms. The molecule has 0 aromatic heterocycles. The van der Waals surface area contributed by atoms with Gasteiger partial charge in [0.2, 0.25) is 0 Å². The summed E-state index contributed by atoms with van der Waals surface area (Å²) in [5.74, 6) is 0.453. The zero-order valence-corrected chi connectivity index (χ0v) is 17.3. The van der Waals surface area contributed by atoms with Gasteiger partial charge in [0.15, 0.2) is 5.96 Å². The van der Waals surface area contributed by atoms with E-state index in [1.54, 1.807) is 0 Å². The second kappa shape index (κ2) is 9.08. The molecule has 0 radical (unpaired) electrons. The first-order chi connectivity index (χ1) is 11.7. The van der Waals surface area contributed by atoms with Crippen molar-refractivity contribution in [1.29, 1.82) is 0 Å². The van der Waals surface area contributed by atoms with Crippen molar-refractivity contribution in [3.63, 3.8) is 0 Å². The highest BCUT2D eigenvalue weighted by molar-refractivity contribution is 14.0. The highest BCUT2D eigenvalue weighted by atomic mass is 127. The smallest absolute Gasteiger partial charge is 0.193 e. The number of halogens is 1. The third-order valence-electron chi connectivity index (χ3n) is 4.56. The van der Waals surface area contributed by atoms with E-state index in [0.29, 0.717) is 12.5 Å². The Morgan fingerprint density at radius 1 is 1.16 bits per heavy atom. The van der Waals surface area contributed by atoms with E-state index in [9.17, 15) is 0 Å². The Balaban J connectivity index is 0.00000225. The molecule has 0 saturated carbocycles. The molecule has 3 N–H and O–H groups in total. The van der Waals surface area contributed by atoms with Gasteiger partial charge in [0.1, 0.15) is 0 Å². The third kappa shape index (κ3) is 5.11. The summed E-state index contributed by atoms with van der Waals surface area (Å²) in [4.78, 5) is 6.79. The number of hydrogen-bond donors (Lipinski definition) is 2. The van der Waals surface area contributed by atoms with Crippen LogP contribution in [0, 0.1) is 0 Å². The summed E-state index contributed by atoms with van der Waals surface area (Å²) in [6, 6.07) is 14.9. The molecule has 0 atom stereocenters. The summed E-state index contributed by atoms with van der Waals surface area (Å²) in [6.07, 6.45) is 3.40. The molecule has 5 heteroatoms. The Morgan fingerprint density at radius 2 is 1.88 bits per heavy atom. The van der Waals surface area contributed by atoms with Crippen LogP contribution in [-0.2, 0) is 19.4 Å². The van der Waals surface area contributed by atoms with Gasteiger partial charge >= 0.3 is 0 Å². The number of guanidine groups is 1. The first-order valence-corrected chi connectivity index (χ1v) is 8.64. The molecular formula is C20H27IN4. The fourth-order valence-electron chi connectivity index (χ4n) is 3.12. The monoisotopic (exact) mass is 450 g/mol. The second-order valence-corrected chi connectivity index (χ2v) is 6.37. The van der Waals surface area contributed by atoms with Gasteiger partial charge in [0.05, 0.1) is 6.54 Å². The standard InChI is InChI=1S/C20H26N4.HI/c1-3-15-6-9-18(10-7-15)23-20(21)22-14-16-8-11-19-17(13-16)5-4-12-24(19)2;/h6-11,13H,3-5,12,14H2,1-2H3,(H3,21,22,23);1H. The van der Waals surface area contributed by atoms with Crippen LogP contribution < -0.4 is 16.0 Å². The number of rotatable bonds is 4. The summed E-state index contributed by atoms with van der Waals surface area (Å²) in [6.45, 7) is 3.88. The molecule has 1 aliphatic heterocycles. The average molecular weight is 450 g/mol. The quantitative estimate of drug-likeness (QED) is 0.418. The van der Waals surface area contributed by atoms with Crippen molar-refractivity contribution in [2.75, 3.05) is 23.8 Å². The number of aryl methyl sites for hydroxylation is 2. The maximum Gasteiger partial charge on any atom is 0.193 e. The number of aliphatic imine (C=N–C) groups is 1. The second-order valence-electron chi connectivity index (χ2n) is 6.37. The first-order valence-electron chi connectivity index (χ1n) is 8.64. The molecule has 0 unspecified atom stereocenters. The predicted molar refractivity (Wildman–Crippen MR) is 118 cm³/mol. The van der Waals surface area contributed by atoms with Crippen molar-refractivity contribution in [3.05, 3.63) is 59.2 Å². The lowest BCUT2D eigenvalue weighted by Gasteiger charge is -2.27. The number of nitrogens with zero attached hydrogens (tertiary/aromatic N) is 2. The molecule has 0 saturated heterocycles. The maximum atomic E-state index is 6.01. The van der Waals surface area contributed by atoms with Crippen molar-refractivity contribution in [3.8, 4) is 0 Å². The van der Waals surface area contributed by atoms with Crippen LogP contribution in [0.3, 0.4) is 0 Å². The highest BCUT2D eigenvalue weighted by Crippen LogP contribution is 2.27. The lowest BCUT2D eigenvalue weighted by molar-refractivity contribution is 0.743. The number of nitrogens with one attached hydrogen (secondary N) is 1. The number of fused-ring (bicyclic) bond motifs is 1. The van der Waals surface area contributed by atoms with Gasteiger partial charge in [0.25, 0.3) is 0 Å². The van der Waals surface area contributed by atoms with Crippen molar-refractivity contribution in [2.24, 2.45) is 10.7 Å². The van der Waals surface area contributed by atoms with Gasteiger partial charge in [-0.15, -0.1) is 24.0 Å². The van der Waals surface area contributed by atoms with Gasteiger partial charge < -0.3 is 16.0 Å². The molecule has 1 aliphatic rings. The zero-order chi connectivity index (χ0) is 16.9. The summed E-state index contributed by atoms with van der Waals surface area (Å²) in [5.41, 5.74) is 12.3. The van der Waals surface area contributed by atoms with Crippen molar-refractivity contribution in [1.82, 2.24) is 0 Å². The summed E-state index contributed by atoms with van der Waals surface area (Å²) in [7, 11) is 2.15. The molecule has 0 fully saturated rings. The largest absolute Gasteiger partial charge is 0.374 e. The van der Waals surface area contributed by atoms with E-state index >= 15 is 0 Å². The molecule has 25 heavy (non-hydrogen) atoms. The molecule has 2 aromatic rings. The van der Waals surface area contributed by atoms with Crippen LogP contribution in [-0.4, -0.2) is 19.6 Å². The summed E-state index contributed by atoms with van der Waals surface area (Å²) < 4.78 is 0. The maximum absolute atomic E-state index is 6.01. The minimum atomic E-state index is 0. The minimum absolute atomic E-state index is 0. The van der Waals surface area contributed by atoms with Crippen LogP contribution in [0.4, 0.5) is 11.4 Å². The van der Waals surface area contributed by atoms with Crippen LogP contribution in [0.25, 0.3) is 0 Å². The average Bonchev–Trinajstić information content (AvgIpc) is 2.61. The SMILES string of the molecule is CCc1ccc(NC(N)=NCc2ccc3c(c2)CCCN3C)cc1.I. The Hall–Kier alpha value is -1.76. The van der Waals surface area contributed by atoms with E-state index in [1.165, 1.54) is 28.8 Å². The summed E-state index contributed by atoms with van der Waals surface area (Å²) >= 11 is 0. The lowest BCUT2D eigenvalue weighted by Crippen LogP contribution is -2.24. The van der Waals surface area contributed by atoms with E-state index in [1.807, 2.05) is 12.1 Å². The van der Waals surface area contributed by atoms with E-state index in [0.717, 1.165) is 25.1 Å². The van der Waals surface area contributed by atoms with Crippen molar-refractivity contribution in [2.45, 2.75) is 32.7 Å². The molecule has 2 aromatic carbocycles. The van der Waals surface area contributed by atoms with Gasteiger partial charge in [-0.2, -0.15) is 0 Å². The van der Waals surface area contributed by atoms with Crippen molar-refractivity contribution < 1.29 is 0 Å². The van der Waals surface area contributed by atoms with Gasteiger partial charge in [-0.3, -0.25) is 0 Å². The Bertz CT molecular complexity index is 725.